The molecule has 2 aliphatic heterocycles. The van der Waals surface area contributed by atoms with E-state index >= 15 is 0 Å². The van der Waals surface area contributed by atoms with E-state index in [4.69, 9.17) is 4.74 Å². The lowest BCUT2D eigenvalue weighted by molar-refractivity contribution is -0.0710. The number of likely N-dealkylation sites (tertiary alicyclic amines) is 1. The van der Waals surface area contributed by atoms with Crippen LogP contribution in [0.2, 0.25) is 0 Å². The Kier molecular flexibility index (Phi) is 3.61. The molecule has 6 heteroatoms. The number of rotatable bonds is 3. The lowest BCUT2D eigenvalue weighted by Crippen LogP contribution is -2.54. The van der Waals surface area contributed by atoms with Crippen molar-refractivity contribution in [2.75, 3.05) is 31.6 Å². The highest BCUT2D eigenvalue weighted by atomic mass is 16.5. The molecule has 104 valence electrons. The highest BCUT2D eigenvalue weighted by Gasteiger charge is 2.30. The van der Waals surface area contributed by atoms with E-state index < -0.39 is 0 Å². The third kappa shape index (κ3) is 2.84. The Balaban J connectivity index is 1.60. The molecule has 0 aliphatic carbocycles. The fourth-order valence-electron chi connectivity index (χ4n) is 2.59. The van der Waals surface area contributed by atoms with Gasteiger partial charge in [-0.05, 0) is 33.2 Å². The van der Waals surface area contributed by atoms with Gasteiger partial charge in [0.25, 0.3) is 0 Å². The van der Waals surface area contributed by atoms with Crippen molar-refractivity contribution in [3.63, 3.8) is 0 Å². The zero-order valence-electron chi connectivity index (χ0n) is 11.6. The van der Waals surface area contributed by atoms with E-state index in [9.17, 15) is 0 Å². The lowest BCUT2D eigenvalue weighted by Gasteiger charge is -2.42. The average Bonchev–Trinajstić information content (AvgIpc) is 2.32. The van der Waals surface area contributed by atoms with Gasteiger partial charge in [-0.25, -0.2) is 4.98 Å². The monoisotopic (exact) mass is 263 g/mol. The van der Waals surface area contributed by atoms with E-state index in [1.165, 1.54) is 19.4 Å². The standard InChI is InChI=1S/C13H21N5O/c1-9-10(2)16-17-13(14-9)15-11-4-3-5-18(6-11)12-7-19-8-12/h11-12H,3-8H2,1-2H3,(H,14,15,17)/t11-/m1/s1. The summed E-state index contributed by atoms with van der Waals surface area (Å²) in [6.07, 6.45) is 2.38. The van der Waals surface area contributed by atoms with Crippen LogP contribution in [0.5, 0.6) is 0 Å². The maximum absolute atomic E-state index is 5.27. The third-order valence-electron chi connectivity index (χ3n) is 4.01. The molecule has 0 spiro atoms. The molecule has 0 saturated carbocycles. The molecule has 19 heavy (non-hydrogen) atoms. The lowest BCUT2D eigenvalue weighted by atomic mass is 10.0. The average molecular weight is 263 g/mol. The molecule has 2 fully saturated rings. The maximum Gasteiger partial charge on any atom is 0.243 e. The van der Waals surface area contributed by atoms with Crippen molar-refractivity contribution in [2.24, 2.45) is 0 Å². The van der Waals surface area contributed by atoms with E-state index in [2.05, 4.69) is 25.4 Å². The van der Waals surface area contributed by atoms with E-state index in [1.54, 1.807) is 0 Å². The summed E-state index contributed by atoms with van der Waals surface area (Å²) in [6, 6.07) is 1.03. The van der Waals surface area contributed by atoms with Crippen molar-refractivity contribution in [3.05, 3.63) is 11.4 Å². The number of aromatic nitrogens is 3. The molecule has 0 bridgehead atoms. The second kappa shape index (κ2) is 5.38. The van der Waals surface area contributed by atoms with Crippen LogP contribution in [-0.4, -0.2) is 58.5 Å². The van der Waals surface area contributed by atoms with Gasteiger partial charge < -0.3 is 10.1 Å². The molecule has 1 N–H and O–H groups in total. The fourth-order valence-corrected chi connectivity index (χ4v) is 2.59. The van der Waals surface area contributed by atoms with Crippen molar-refractivity contribution >= 4 is 5.95 Å². The molecule has 1 atom stereocenters. The molecule has 2 saturated heterocycles. The summed E-state index contributed by atoms with van der Waals surface area (Å²) in [6.45, 7) is 7.89. The van der Waals surface area contributed by atoms with Crippen LogP contribution in [0.15, 0.2) is 0 Å². The largest absolute Gasteiger partial charge is 0.378 e. The minimum atomic E-state index is 0.415. The Bertz CT molecular complexity index is 449. The first kappa shape index (κ1) is 12.7. The first-order valence-electron chi connectivity index (χ1n) is 6.98. The zero-order chi connectivity index (χ0) is 13.2. The Morgan fingerprint density at radius 1 is 1.21 bits per heavy atom. The molecule has 0 aromatic carbocycles. The van der Waals surface area contributed by atoms with Gasteiger partial charge in [-0.2, -0.15) is 5.10 Å². The molecular weight excluding hydrogens is 242 g/mol. The molecule has 0 amide bonds. The first-order valence-corrected chi connectivity index (χ1v) is 6.98. The first-order chi connectivity index (χ1) is 9.22. The van der Waals surface area contributed by atoms with Gasteiger partial charge in [0.1, 0.15) is 0 Å². The number of anilines is 1. The Hall–Kier alpha value is -1.27. The molecule has 6 nitrogen and oxygen atoms in total. The van der Waals surface area contributed by atoms with Gasteiger partial charge in [-0.1, -0.05) is 0 Å². The normalized spacial score (nSPS) is 25.1. The zero-order valence-corrected chi connectivity index (χ0v) is 11.6. The predicted molar refractivity (Wildman–Crippen MR) is 72.1 cm³/mol. The smallest absolute Gasteiger partial charge is 0.243 e. The van der Waals surface area contributed by atoms with Crippen molar-refractivity contribution < 1.29 is 4.74 Å². The van der Waals surface area contributed by atoms with E-state index in [0.717, 1.165) is 31.1 Å². The molecule has 0 radical (unpaired) electrons. The summed E-state index contributed by atoms with van der Waals surface area (Å²) >= 11 is 0. The fraction of sp³-hybridized carbons (Fsp3) is 0.769. The molecule has 3 heterocycles. The Morgan fingerprint density at radius 3 is 2.74 bits per heavy atom. The maximum atomic E-state index is 5.27. The van der Waals surface area contributed by atoms with Crippen LogP contribution in [0, 0.1) is 13.8 Å². The summed E-state index contributed by atoms with van der Waals surface area (Å²) in [5, 5.41) is 11.7. The van der Waals surface area contributed by atoms with Crippen molar-refractivity contribution in [2.45, 2.75) is 38.8 Å². The Morgan fingerprint density at radius 2 is 2.05 bits per heavy atom. The number of hydrogen-bond donors (Lipinski definition) is 1. The van der Waals surface area contributed by atoms with Crippen LogP contribution in [0.4, 0.5) is 5.95 Å². The second-order valence-corrected chi connectivity index (χ2v) is 5.48. The van der Waals surface area contributed by atoms with Gasteiger partial charge in [0.15, 0.2) is 0 Å². The van der Waals surface area contributed by atoms with Crippen LogP contribution in [-0.2, 0) is 4.74 Å². The number of nitrogens with one attached hydrogen (secondary N) is 1. The number of hydrogen-bond acceptors (Lipinski definition) is 6. The highest BCUT2D eigenvalue weighted by Crippen LogP contribution is 2.19. The summed E-state index contributed by atoms with van der Waals surface area (Å²) in [4.78, 5) is 6.96. The van der Waals surface area contributed by atoms with E-state index in [-0.39, 0.29) is 0 Å². The SMILES string of the molecule is Cc1nnc(N[C@@H]2CCCN(C3COC3)C2)nc1C. The molecule has 0 unspecified atom stereocenters. The number of piperidine rings is 1. The van der Waals surface area contributed by atoms with Crippen LogP contribution < -0.4 is 5.32 Å². The van der Waals surface area contributed by atoms with E-state index in [1.807, 2.05) is 13.8 Å². The summed E-state index contributed by atoms with van der Waals surface area (Å²) in [5.41, 5.74) is 1.83. The van der Waals surface area contributed by atoms with Crippen LogP contribution in [0.1, 0.15) is 24.2 Å². The van der Waals surface area contributed by atoms with Crippen LogP contribution in [0.25, 0.3) is 0 Å². The highest BCUT2D eigenvalue weighted by molar-refractivity contribution is 5.26. The van der Waals surface area contributed by atoms with Gasteiger partial charge in [0, 0.05) is 12.6 Å². The van der Waals surface area contributed by atoms with Crippen LogP contribution >= 0.6 is 0 Å². The minimum absolute atomic E-state index is 0.415. The van der Waals surface area contributed by atoms with Gasteiger partial charge >= 0.3 is 0 Å². The van der Waals surface area contributed by atoms with Gasteiger partial charge in [-0.3, -0.25) is 4.90 Å². The van der Waals surface area contributed by atoms with Crippen molar-refractivity contribution in [3.8, 4) is 0 Å². The summed E-state index contributed by atoms with van der Waals surface area (Å²) in [5.74, 6) is 0.653. The molecule has 3 rings (SSSR count). The predicted octanol–water partition coefficient (Wildman–Crippen LogP) is 0.764. The number of aryl methyl sites for hydroxylation is 2. The summed E-state index contributed by atoms with van der Waals surface area (Å²) in [7, 11) is 0. The van der Waals surface area contributed by atoms with Crippen molar-refractivity contribution in [1.29, 1.82) is 0 Å². The Labute approximate surface area is 113 Å². The topological polar surface area (TPSA) is 63.2 Å². The number of nitrogens with zero attached hydrogens (tertiary/aromatic N) is 4. The van der Waals surface area contributed by atoms with Gasteiger partial charge in [0.05, 0.1) is 30.6 Å². The summed E-state index contributed by atoms with van der Waals surface area (Å²) < 4.78 is 5.27. The third-order valence-corrected chi connectivity index (χ3v) is 4.01. The van der Waals surface area contributed by atoms with Crippen LogP contribution in [0.3, 0.4) is 0 Å². The van der Waals surface area contributed by atoms with Crippen molar-refractivity contribution in [1.82, 2.24) is 20.1 Å². The molecular formula is C13H21N5O. The molecule has 1 aromatic heterocycles. The van der Waals surface area contributed by atoms with E-state index in [0.29, 0.717) is 18.0 Å². The second-order valence-electron chi connectivity index (χ2n) is 5.48. The molecule has 2 aliphatic rings. The quantitative estimate of drug-likeness (QED) is 0.869. The molecule has 1 aromatic rings. The minimum Gasteiger partial charge on any atom is -0.378 e. The van der Waals surface area contributed by atoms with Gasteiger partial charge in [0.2, 0.25) is 5.95 Å². The van der Waals surface area contributed by atoms with Gasteiger partial charge in [-0.15, -0.1) is 5.10 Å². The number of ether oxygens (including phenoxy) is 1.